The summed E-state index contributed by atoms with van der Waals surface area (Å²) < 4.78 is 5.38. The minimum Gasteiger partial charge on any atom is -0.432 e. The van der Waals surface area contributed by atoms with Crippen LogP contribution < -0.4 is 10.1 Å². The van der Waals surface area contributed by atoms with Gasteiger partial charge in [0.05, 0.1) is 4.92 Å². The number of aromatic nitrogens is 2. The van der Waals surface area contributed by atoms with E-state index in [9.17, 15) is 10.1 Å². The highest BCUT2D eigenvalue weighted by atomic mass is 16.6. The minimum atomic E-state index is -0.504. The first kappa shape index (κ1) is 11.8. The summed E-state index contributed by atoms with van der Waals surface area (Å²) >= 11 is 0. The second kappa shape index (κ2) is 5.09. The zero-order valence-corrected chi connectivity index (χ0v) is 9.53. The van der Waals surface area contributed by atoms with Crippen LogP contribution in [0, 0.1) is 10.1 Å². The van der Waals surface area contributed by atoms with E-state index in [0.717, 1.165) is 0 Å². The maximum Gasteiger partial charge on any atom is 0.311 e. The molecule has 0 bridgehead atoms. The van der Waals surface area contributed by atoms with Gasteiger partial charge in [0.25, 0.3) is 0 Å². The van der Waals surface area contributed by atoms with Crippen molar-refractivity contribution in [3.8, 4) is 11.6 Å². The van der Waals surface area contributed by atoms with Crippen molar-refractivity contribution in [2.45, 2.75) is 0 Å². The van der Waals surface area contributed by atoms with Crippen molar-refractivity contribution >= 4 is 11.6 Å². The number of ether oxygens (including phenoxy) is 1. The molecule has 0 saturated carbocycles. The molecule has 0 aliphatic heterocycles. The SMILES string of the molecule is CNc1nccc(Oc2ccccc2[N+](=O)[O-])n1. The van der Waals surface area contributed by atoms with Crippen molar-refractivity contribution in [1.29, 1.82) is 0 Å². The zero-order valence-electron chi connectivity index (χ0n) is 9.53. The van der Waals surface area contributed by atoms with Crippen molar-refractivity contribution in [3.63, 3.8) is 0 Å². The number of hydrogen-bond donors (Lipinski definition) is 1. The Morgan fingerprint density at radius 2 is 2.11 bits per heavy atom. The van der Waals surface area contributed by atoms with Crippen molar-refractivity contribution < 1.29 is 9.66 Å². The summed E-state index contributed by atoms with van der Waals surface area (Å²) in [6.07, 6.45) is 1.50. The van der Waals surface area contributed by atoms with Crippen LogP contribution in [0.15, 0.2) is 36.5 Å². The Labute approximate surface area is 103 Å². The monoisotopic (exact) mass is 246 g/mol. The number of rotatable bonds is 4. The average Bonchev–Trinajstić information content (AvgIpc) is 2.39. The van der Waals surface area contributed by atoms with Crippen molar-refractivity contribution in [2.75, 3.05) is 12.4 Å². The first-order valence-corrected chi connectivity index (χ1v) is 5.13. The smallest absolute Gasteiger partial charge is 0.311 e. The van der Waals surface area contributed by atoms with Crippen LogP contribution in [0.3, 0.4) is 0 Å². The number of nitro benzene ring substituents is 1. The van der Waals surface area contributed by atoms with Crippen molar-refractivity contribution in [2.24, 2.45) is 0 Å². The third-order valence-electron chi connectivity index (χ3n) is 2.13. The molecule has 0 spiro atoms. The van der Waals surface area contributed by atoms with Crippen molar-refractivity contribution in [1.82, 2.24) is 9.97 Å². The minimum absolute atomic E-state index is 0.109. The topological polar surface area (TPSA) is 90.2 Å². The van der Waals surface area contributed by atoms with Crippen molar-refractivity contribution in [3.05, 3.63) is 46.6 Å². The first-order chi connectivity index (χ1) is 8.70. The van der Waals surface area contributed by atoms with Crippen LogP contribution in [0.1, 0.15) is 0 Å². The van der Waals surface area contributed by atoms with Gasteiger partial charge in [-0.25, -0.2) is 4.98 Å². The van der Waals surface area contributed by atoms with Gasteiger partial charge in [-0.05, 0) is 6.07 Å². The third-order valence-corrected chi connectivity index (χ3v) is 2.13. The second-order valence-electron chi connectivity index (χ2n) is 3.30. The van der Waals surface area contributed by atoms with E-state index in [1.165, 1.54) is 24.4 Å². The standard InChI is InChI=1S/C11H10N4O3/c1-12-11-13-7-6-10(14-11)18-9-5-3-2-4-8(9)15(16)17/h2-7H,1H3,(H,12,13,14). The molecular weight excluding hydrogens is 236 g/mol. The highest BCUT2D eigenvalue weighted by Crippen LogP contribution is 2.29. The van der Waals surface area contributed by atoms with Gasteiger partial charge in [0, 0.05) is 25.4 Å². The molecule has 2 aromatic rings. The Kier molecular flexibility index (Phi) is 3.33. The molecule has 1 aromatic heterocycles. The van der Waals surface area contributed by atoms with E-state index in [0.29, 0.717) is 5.95 Å². The van der Waals surface area contributed by atoms with E-state index in [1.54, 1.807) is 19.2 Å². The molecule has 1 heterocycles. The number of nitrogens with one attached hydrogen (secondary N) is 1. The fraction of sp³-hybridized carbons (Fsp3) is 0.0909. The molecule has 7 heteroatoms. The van der Waals surface area contributed by atoms with Gasteiger partial charge in [-0.3, -0.25) is 10.1 Å². The molecule has 1 N–H and O–H groups in total. The fourth-order valence-electron chi connectivity index (χ4n) is 1.33. The number of nitro groups is 1. The van der Waals surface area contributed by atoms with E-state index < -0.39 is 4.92 Å². The van der Waals surface area contributed by atoms with Crippen LogP contribution in [-0.2, 0) is 0 Å². The highest BCUT2D eigenvalue weighted by Gasteiger charge is 2.14. The lowest BCUT2D eigenvalue weighted by Crippen LogP contribution is -1.98. The summed E-state index contributed by atoms with van der Waals surface area (Å²) in [6.45, 7) is 0. The van der Waals surface area contributed by atoms with Gasteiger partial charge in [-0.1, -0.05) is 12.1 Å². The Hall–Kier alpha value is -2.70. The Balaban J connectivity index is 2.31. The van der Waals surface area contributed by atoms with Gasteiger partial charge < -0.3 is 10.1 Å². The third kappa shape index (κ3) is 2.51. The van der Waals surface area contributed by atoms with Gasteiger partial charge >= 0.3 is 5.69 Å². The molecule has 7 nitrogen and oxygen atoms in total. The van der Waals surface area contributed by atoms with Crippen LogP contribution in [0.5, 0.6) is 11.6 Å². The number of nitrogens with zero attached hydrogens (tertiary/aromatic N) is 3. The second-order valence-corrected chi connectivity index (χ2v) is 3.30. The average molecular weight is 246 g/mol. The normalized spacial score (nSPS) is 9.83. The zero-order chi connectivity index (χ0) is 13.0. The molecule has 0 amide bonds. The molecule has 0 aliphatic rings. The number of benzene rings is 1. The van der Waals surface area contributed by atoms with Gasteiger partial charge in [0.2, 0.25) is 17.6 Å². The summed E-state index contributed by atoms with van der Waals surface area (Å²) in [5.74, 6) is 0.762. The van der Waals surface area contributed by atoms with E-state index in [-0.39, 0.29) is 17.3 Å². The fourth-order valence-corrected chi connectivity index (χ4v) is 1.33. The summed E-state index contributed by atoms with van der Waals surface area (Å²) in [4.78, 5) is 18.3. The molecule has 92 valence electrons. The van der Waals surface area contributed by atoms with Crippen LogP contribution in [0.2, 0.25) is 0 Å². The highest BCUT2D eigenvalue weighted by molar-refractivity contribution is 5.47. The van der Waals surface area contributed by atoms with Crippen LogP contribution in [-0.4, -0.2) is 21.9 Å². The van der Waals surface area contributed by atoms with E-state index in [2.05, 4.69) is 15.3 Å². The predicted octanol–water partition coefficient (Wildman–Crippen LogP) is 2.22. The van der Waals surface area contributed by atoms with Crippen LogP contribution in [0.4, 0.5) is 11.6 Å². The molecule has 0 radical (unpaired) electrons. The molecule has 1 aromatic carbocycles. The predicted molar refractivity (Wildman–Crippen MR) is 64.7 cm³/mol. The Bertz CT molecular complexity index is 574. The Morgan fingerprint density at radius 1 is 1.33 bits per heavy atom. The maximum absolute atomic E-state index is 10.8. The quantitative estimate of drug-likeness (QED) is 0.657. The molecule has 0 aliphatic carbocycles. The summed E-state index contributed by atoms with van der Waals surface area (Å²) in [6, 6.07) is 7.64. The van der Waals surface area contributed by atoms with Crippen LogP contribution in [0.25, 0.3) is 0 Å². The molecule has 0 fully saturated rings. The van der Waals surface area contributed by atoms with E-state index >= 15 is 0 Å². The number of anilines is 1. The van der Waals surface area contributed by atoms with E-state index in [4.69, 9.17) is 4.74 Å². The maximum atomic E-state index is 10.8. The lowest BCUT2D eigenvalue weighted by molar-refractivity contribution is -0.385. The van der Waals surface area contributed by atoms with Gasteiger partial charge in [0.1, 0.15) is 0 Å². The molecule has 2 rings (SSSR count). The van der Waals surface area contributed by atoms with Gasteiger partial charge in [-0.2, -0.15) is 4.98 Å². The molecular formula is C11H10N4O3. The van der Waals surface area contributed by atoms with Gasteiger partial charge in [-0.15, -0.1) is 0 Å². The lowest BCUT2D eigenvalue weighted by Gasteiger charge is -2.05. The van der Waals surface area contributed by atoms with Crippen LogP contribution >= 0.6 is 0 Å². The largest absolute Gasteiger partial charge is 0.432 e. The molecule has 18 heavy (non-hydrogen) atoms. The summed E-state index contributed by atoms with van der Waals surface area (Å²) in [7, 11) is 1.67. The van der Waals surface area contributed by atoms with Gasteiger partial charge in [0.15, 0.2) is 0 Å². The lowest BCUT2D eigenvalue weighted by atomic mass is 10.3. The number of hydrogen-bond acceptors (Lipinski definition) is 6. The summed E-state index contributed by atoms with van der Waals surface area (Å²) in [5.41, 5.74) is -0.109. The number of para-hydroxylation sites is 2. The molecule has 0 saturated heterocycles. The van der Waals surface area contributed by atoms with E-state index in [1.807, 2.05) is 0 Å². The Morgan fingerprint density at radius 3 is 2.83 bits per heavy atom. The first-order valence-electron chi connectivity index (χ1n) is 5.13. The summed E-state index contributed by atoms with van der Waals surface area (Å²) in [5, 5.41) is 13.6. The molecule has 0 unspecified atom stereocenters. The molecule has 0 atom stereocenters.